The van der Waals surface area contributed by atoms with Crippen molar-refractivity contribution in [2.75, 3.05) is 11.9 Å². The number of non-ortho nitro benzene ring substituents is 1. The molecule has 0 aliphatic rings. The maximum absolute atomic E-state index is 12.0. The Bertz CT molecular complexity index is 883. The molecule has 0 aliphatic heterocycles. The fourth-order valence-corrected chi connectivity index (χ4v) is 2.32. The highest BCUT2D eigenvalue weighted by atomic mass is 79.9. The van der Waals surface area contributed by atoms with Crippen LogP contribution < -0.4 is 10.6 Å². The van der Waals surface area contributed by atoms with E-state index in [4.69, 9.17) is 4.74 Å². The largest absolute Gasteiger partial charge is 0.451 e. The van der Waals surface area contributed by atoms with Gasteiger partial charge in [-0.25, -0.2) is 0 Å². The zero-order chi connectivity index (χ0) is 20.7. The van der Waals surface area contributed by atoms with Crippen LogP contribution in [0.1, 0.15) is 17.3 Å². The van der Waals surface area contributed by atoms with E-state index in [1.165, 1.54) is 31.2 Å². The van der Waals surface area contributed by atoms with Crippen LogP contribution in [-0.2, 0) is 14.3 Å². The fraction of sp³-hybridized carbons (Fsp3) is 0.167. The van der Waals surface area contributed by atoms with Gasteiger partial charge in [0, 0.05) is 27.9 Å². The first kappa shape index (κ1) is 21.0. The molecule has 0 spiro atoms. The molecule has 1 atom stereocenters. The van der Waals surface area contributed by atoms with Crippen LogP contribution in [0.3, 0.4) is 0 Å². The molecule has 10 heteroatoms. The lowest BCUT2D eigenvalue weighted by atomic mass is 10.2. The molecule has 2 N–H and O–H groups in total. The van der Waals surface area contributed by atoms with Crippen molar-refractivity contribution in [2.45, 2.75) is 13.0 Å². The number of nitro groups is 1. The fourth-order valence-electron chi connectivity index (χ4n) is 2.06. The van der Waals surface area contributed by atoms with Crippen LogP contribution in [0.5, 0.6) is 0 Å². The standard InChI is InChI=1S/C18H16BrN3O6/c1-11(17(24)21-14-6-8-15(9-7-14)22(26)27)28-16(23)10-20-18(25)12-2-4-13(19)5-3-12/h2-9,11H,10H2,1H3,(H,20,25)(H,21,24). The number of anilines is 1. The van der Waals surface area contributed by atoms with Crippen molar-refractivity contribution in [1.29, 1.82) is 0 Å². The van der Waals surface area contributed by atoms with Crippen LogP contribution in [0.25, 0.3) is 0 Å². The van der Waals surface area contributed by atoms with Gasteiger partial charge in [-0.05, 0) is 43.3 Å². The number of benzene rings is 2. The molecule has 146 valence electrons. The Morgan fingerprint density at radius 2 is 1.71 bits per heavy atom. The van der Waals surface area contributed by atoms with Gasteiger partial charge in [-0.15, -0.1) is 0 Å². The Labute approximate surface area is 168 Å². The number of hydrogen-bond acceptors (Lipinski definition) is 6. The Kier molecular flexibility index (Phi) is 7.21. The third-order valence-electron chi connectivity index (χ3n) is 3.52. The number of hydrogen-bond donors (Lipinski definition) is 2. The summed E-state index contributed by atoms with van der Waals surface area (Å²) in [7, 11) is 0. The predicted molar refractivity (Wildman–Crippen MR) is 104 cm³/mol. The van der Waals surface area contributed by atoms with E-state index in [0.717, 1.165) is 4.47 Å². The molecule has 0 heterocycles. The monoisotopic (exact) mass is 449 g/mol. The van der Waals surface area contributed by atoms with E-state index in [2.05, 4.69) is 26.6 Å². The Morgan fingerprint density at radius 1 is 1.11 bits per heavy atom. The van der Waals surface area contributed by atoms with Gasteiger partial charge < -0.3 is 15.4 Å². The van der Waals surface area contributed by atoms with E-state index in [9.17, 15) is 24.5 Å². The van der Waals surface area contributed by atoms with Crippen LogP contribution in [-0.4, -0.2) is 35.4 Å². The first-order valence-electron chi connectivity index (χ1n) is 8.05. The highest BCUT2D eigenvalue weighted by molar-refractivity contribution is 9.10. The number of nitro benzene ring substituents is 1. The molecule has 2 rings (SSSR count). The van der Waals surface area contributed by atoms with Crippen molar-refractivity contribution >= 4 is 45.1 Å². The Balaban J connectivity index is 1.80. The zero-order valence-electron chi connectivity index (χ0n) is 14.7. The minimum absolute atomic E-state index is 0.112. The summed E-state index contributed by atoms with van der Waals surface area (Å²) < 4.78 is 5.79. The van der Waals surface area contributed by atoms with Gasteiger partial charge in [0.05, 0.1) is 4.92 Å². The number of nitrogens with zero attached hydrogens (tertiary/aromatic N) is 1. The number of ether oxygens (including phenoxy) is 1. The van der Waals surface area contributed by atoms with E-state index < -0.39 is 35.4 Å². The average molecular weight is 450 g/mol. The molecule has 2 amide bonds. The van der Waals surface area contributed by atoms with Crippen molar-refractivity contribution in [1.82, 2.24) is 5.32 Å². The molecule has 0 radical (unpaired) electrons. The smallest absolute Gasteiger partial charge is 0.326 e. The lowest BCUT2D eigenvalue weighted by Crippen LogP contribution is -2.35. The summed E-state index contributed by atoms with van der Waals surface area (Å²) >= 11 is 3.26. The van der Waals surface area contributed by atoms with E-state index in [-0.39, 0.29) is 5.69 Å². The van der Waals surface area contributed by atoms with E-state index in [1.54, 1.807) is 24.3 Å². The highest BCUT2D eigenvalue weighted by Gasteiger charge is 2.19. The molecule has 9 nitrogen and oxygen atoms in total. The third kappa shape index (κ3) is 6.16. The number of nitrogens with one attached hydrogen (secondary N) is 2. The molecule has 0 saturated heterocycles. The number of amides is 2. The van der Waals surface area contributed by atoms with Crippen molar-refractivity contribution in [3.63, 3.8) is 0 Å². The molecule has 2 aromatic carbocycles. The molecule has 1 unspecified atom stereocenters. The van der Waals surface area contributed by atoms with E-state index in [0.29, 0.717) is 11.3 Å². The molecule has 2 aromatic rings. The lowest BCUT2D eigenvalue weighted by Gasteiger charge is -2.14. The van der Waals surface area contributed by atoms with Gasteiger partial charge in [0.2, 0.25) is 0 Å². The van der Waals surface area contributed by atoms with Gasteiger partial charge in [0.25, 0.3) is 17.5 Å². The Morgan fingerprint density at radius 3 is 2.29 bits per heavy atom. The second-order valence-corrected chi connectivity index (χ2v) is 6.53. The second-order valence-electron chi connectivity index (χ2n) is 5.61. The van der Waals surface area contributed by atoms with E-state index in [1.807, 2.05) is 0 Å². The van der Waals surface area contributed by atoms with Crippen LogP contribution in [0.4, 0.5) is 11.4 Å². The van der Waals surface area contributed by atoms with Gasteiger partial charge in [0.15, 0.2) is 6.10 Å². The average Bonchev–Trinajstić information content (AvgIpc) is 2.67. The first-order chi connectivity index (χ1) is 13.3. The summed E-state index contributed by atoms with van der Waals surface area (Å²) in [5, 5.41) is 15.5. The van der Waals surface area contributed by atoms with Crippen molar-refractivity contribution in [3.8, 4) is 0 Å². The van der Waals surface area contributed by atoms with Crippen molar-refractivity contribution in [3.05, 3.63) is 68.7 Å². The summed E-state index contributed by atoms with van der Waals surface area (Å²) in [5.74, 6) is -1.84. The molecular weight excluding hydrogens is 434 g/mol. The normalized spacial score (nSPS) is 11.2. The number of esters is 1. The van der Waals surface area contributed by atoms with Gasteiger partial charge in [0.1, 0.15) is 6.54 Å². The lowest BCUT2D eigenvalue weighted by molar-refractivity contribution is -0.384. The first-order valence-corrected chi connectivity index (χ1v) is 8.84. The summed E-state index contributed by atoms with van der Waals surface area (Å²) in [4.78, 5) is 45.9. The maximum atomic E-state index is 12.0. The molecule has 0 saturated carbocycles. The molecule has 28 heavy (non-hydrogen) atoms. The third-order valence-corrected chi connectivity index (χ3v) is 4.05. The van der Waals surface area contributed by atoms with E-state index >= 15 is 0 Å². The summed E-state index contributed by atoms with van der Waals surface area (Å²) in [6.45, 7) is 0.971. The Hall–Kier alpha value is -3.27. The quantitative estimate of drug-likeness (QED) is 0.379. The van der Waals surface area contributed by atoms with Crippen molar-refractivity contribution < 1.29 is 24.0 Å². The number of rotatable bonds is 7. The van der Waals surface area contributed by atoms with Gasteiger partial charge in [-0.2, -0.15) is 0 Å². The van der Waals surface area contributed by atoms with Crippen LogP contribution in [0.2, 0.25) is 0 Å². The van der Waals surface area contributed by atoms with Gasteiger partial charge >= 0.3 is 5.97 Å². The van der Waals surface area contributed by atoms with Crippen LogP contribution in [0.15, 0.2) is 53.0 Å². The summed E-state index contributed by atoms with van der Waals surface area (Å²) in [6, 6.07) is 11.8. The topological polar surface area (TPSA) is 128 Å². The molecular formula is C18H16BrN3O6. The zero-order valence-corrected chi connectivity index (χ0v) is 16.3. The summed E-state index contributed by atoms with van der Waals surface area (Å²) in [6.07, 6.45) is -1.12. The molecule has 0 fully saturated rings. The predicted octanol–water partition coefficient (Wildman–Crippen LogP) is 2.66. The summed E-state index contributed by atoms with van der Waals surface area (Å²) in [5.41, 5.74) is 0.584. The molecule has 0 aliphatic carbocycles. The minimum Gasteiger partial charge on any atom is -0.451 e. The number of carbonyl (C=O) groups excluding carboxylic acids is 3. The van der Waals surface area contributed by atoms with Crippen LogP contribution in [0, 0.1) is 10.1 Å². The SMILES string of the molecule is CC(OC(=O)CNC(=O)c1ccc(Br)cc1)C(=O)Nc1ccc([N+](=O)[O-])cc1. The van der Waals surface area contributed by atoms with Crippen LogP contribution >= 0.6 is 15.9 Å². The number of carbonyl (C=O) groups is 3. The van der Waals surface area contributed by atoms with Crippen molar-refractivity contribution in [2.24, 2.45) is 0 Å². The second kappa shape index (κ2) is 9.60. The highest BCUT2D eigenvalue weighted by Crippen LogP contribution is 2.15. The number of halogens is 1. The van der Waals surface area contributed by atoms with Gasteiger partial charge in [-0.3, -0.25) is 24.5 Å². The van der Waals surface area contributed by atoms with Gasteiger partial charge in [-0.1, -0.05) is 15.9 Å². The molecule has 0 bridgehead atoms. The molecule has 0 aromatic heterocycles. The minimum atomic E-state index is -1.12. The maximum Gasteiger partial charge on any atom is 0.326 e.